The molecule has 0 aliphatic rings. The molecule has 6 nitrogen and oxygen atoms in total. The van der Waals surface area contributed by atoms with Gasteiger partial charge >= 0.3 is 0 Å². The van der Waals surface area contributed by atoms with Crippen LogP contribution < -0.4 is 9.46 Å². The Morgan fingerprint density at radius 3 is 2.29 bits per heavy atom. The van der Waals surface area contributed by atoms with E-state index in [2.05, 4.69) is 14.7 Å². The van der Waals surface area contributed by atoms with Crippen molar-refractivity contribution in [2.24, 2.45) is 0 Å². The first-order valence-corrected chi connectivity index (χ1v) is 12.5. The molecule has 5 rings (SSSR count). The highest BCUT2D eigenvalue weighted by atomic mass is 35.5. The summed E-state index contributed by atoms with van der Waals surface area (Å²) in [6, 6.07) is 25.5. The van der Waals surface area contributed by atoms with Crippen molar-refractivity contribution in [1.82, 2.24) is 9.97 Å². The van der Waals surface area contributed by atoms with Crippen molar-refractivity contribution in [3.05, 3.63) is 101 Å². The number of rotatable bonds is 6. The number of hydrogen-bond acceptors (Lipinski definition) is 5. The standard InChI is InChI=1S/C25H17Cl2N3O3S/c26-19-8-5-11-22(23(19)27)34(31,32)30-24-25(29-21-10-4-3-9-20(21)28-24)33-15-16-12-13-17-6-1-2-7-18(17)14-16/h1-14H,15H2,(H,28,30). The number of benzene rings is 4. The molecule has 0 aliphatic carbocycles. The van der Waals surface area contributed by atoms with E-state index in [4.69, 9.17) is 27.9 Å². The minimum atomic E-state index is -4.12. The zero-order valence-electron chi connectivity index (χ0n) is 17.6. The number of aromatic nitrogens is 2. The Balaban J connectivity index is 1.51. The molecule has 1 aromatic heterocycles. The van der Waals surface area contributed by atoms with Crippen LogP contribution in [0.4, 0.5) is 5.82 Å². The van der Waals surface area contributed by atoms with Gasteiger partial charge in [0.1, 0.15) is 11.5 Å². The Labute approximate surface area is 206 Å². The Hall–Kier alpha value is -3.39. The molecule has 1 N–H and O–H groups in total. The molecule has 0 aliphatic heterocycles. The van der Waals surface area contributed by atoms with E-state index >= 15 is 0 Å². The van der Waals surface area contributed by atoms with E-state index in [0.717, 1.165) is 16.3 Å². The molecule has 1 heterocycles. The van der Waals surface area contributed by atoms with Crippen molar-refractivity contribution in [1.29, 1.82) is 0 Å². The lowest BCUT2D eigenvalue weighted by Gasteiger charge is -2.14. The van der Waals surface area contributed by atoms with E-state index in [1.807, 2.05) is 48.5 Å². The number of hydrogen-bond donors (Lipinski definition) is 1. The van der Waals surface area contributed by atoms with E-state index in [-0.39, 0.29) is 33.2 Å². The fourth-order valence-electron chi connectivity index (χ4n) is 3.51. The van der Waals surface area contributed by atoms with Crippen molar-refractivity contribution in [3.63, 3.8) is 0 Å². The third kappa shape index (κ3) is 4.50. The average molecular weight is 510 g/mol. The van der Waals surface area contributed by atoms with E-state index in [0.29, 0.717) is 11.0 Å². The Bertz CT molecular complexity index is 1640. The predicted octanol–water partition coefficient (Wildman–Crippen LogP) is 6.47. The second kappa shape index (κ2) is 9.10. The summed E-state index contributed by atoms with van der Waals surface area (Å²) >= 11 is 12.2. The molecule has 34 heavy (non-hydrogen) atoms. The third-order valence-electron chi connectivity index (χ3n) is 5.16. The molecule has 5 aromatic rings. The molecule has 0 spiro atoms. The van der Waals surface area contributed by atoms with E-state index in [1.54, 1.807) is 18.2 Å². The van der Waals surface area contributed by atoms with Crippen molar-refractivity contribution in [2.45, 2.75) is 11.5 Å². The van der Waals surface area contributed by atoms with Crippen LogP contribution in [-0.2, 0) is 16.6 Å². The van der Waals surface area contributed by atoms with Gasteiger partial charge in [-0.1, -0.05) is 77.8 Å². The van der Waals surface area contributed by atoms with Crippen molar-refractivity contribution in [3.8, 4) is 5.88 Å². The van der Waals surface area contributed by atoms with Crippen LogP contribution in [0.15, 0.2) is 89.8 Å². The van der Waals surface area contributed by atoms with Crippen molar-refractivity contribution < 1.29 is 13.2 Å². The van der Waals surface area contributed by atoms with Gasteiger partial charge in [-0.15, -0.1) is 0 Å². The SMILES string of the molecule is O=S(=O)(Nc1nc2ccccc2nc1OCc1ccc2ccccc2c1)c1cccc(Cl)c1Cl. The van der Waals surface area contributed by atoms with Crippen LogP contribution in [0.3, 0.4) is 0 Å². The first-order chi connectivity index (χ1) is 16.4. The smallest absolute Gasteiger partial charge is 0.264 e. The van der Waals surface area contributed by atoms with Crippen LogP contribution in [0.1, 0.15) is 5.56 Å². The maximum Gasteiger partial charge on any atom is 0.264 e. The van der Waals surface area contributed by atoms with E-state index in [1.165, 1.54) is 18.2 Å². The van der Waals surface area contributed by atoms with Crippen molar-refractivity contribution in [2.75, 3.05) is 4.72 Å². The van der Waals surface area contributed by atoms with Crippen LogP contribution in [0.2, 0.25) is 10.0 Å². The normalized spacial score (nSPS) is 11.6. The number of sulfonamides is 1. The highest BCUT2D eigenvalue weighted by Gasteiger charge is 2.23. The molecule has 9 heteroatoms. The van der Waals surface area contributed by atoms with Gasteiger partial charge < -0.3 is 4.74 Å². The van der Waals surface area contributed by atoms with Gasteiger partial charge in [0.25, 0.3) is 15.9 Å². The largest absolute Gasteiger partial charge is 0.470 e. The molecule has 0 bridgehead atoms. The monoisotopic (exact) mass is 509 g/mol. The van der Waals surface area contributed by atoms with Gasteiger partial charge in [-0.2, -0.15) is 0 Å². The van der Waals surface area contributed by atoms with Gasteiger partial charge in [0.2, 0.25) is 5.82 Å². The maximum absolute atomic E-state index is 13.1. The fraction of sp³-hybridized carbons (Fsp3) is 0.0400. The van der Waals surface area contributed by atoms with Crippen LogP contribution in [0, 0.1) is 0 Å². The number of anilines is 1. The van der Waals surface area contributed by atoms with Gasteiger partial charge in [-0.05, 0) is 46.7 Å². The number of halogens is 2. The molecule has 0 unspecified atom stereocenters. The Morgan fingerprint density at radius 2 is 1.50 bits per heavy atom. The molecule has 4 aromatic carbocycles. The number of nitrogens with zero attached hydrogens (tertiary/aromatic N) is 2. The summed E-state index contributed by atoms with van der Waals surface area (Å²) in [6.45, 7) is 0.171. The summed E-state index contributed by atoms with van der Waals surface area (Å²) in [7, 11) is -4.12. The summed E-state index contributed by atoms with van der Waals surface area (Å²) in [4.78, 5) is 8.78. The summed E-state index contributed by atoms with van der Waals surface area (Å²) in [5, 5.41) is 2.24. The maximum atomic E-state index is 13.1. The minimum absolute atomic E-state index is 0.0458. The average Bonchev–Trinajstić information content (AvgIpc) is 2.84. The number of para-hydroxylation sites is 2. The summed E-state index contributed by atoms with van der Waals surface area (Å²) in [5.41, 5.74) is 1.98. The predicted molar refractivity (Wildman–Crippen MR) is 135 cm³/mol. The van der Waals surface area contributed by atoms with Crippen LogP contribution in [0.25, 0.3) is 21.8 Å². The van der Waals surface area contributed by atoms with Gasteiger partial charge in [-0.25, -0.2) is 18.4 Å². The van der Waals surface area contributed by atoms with Gasteiger partial charge in [-0.3, -0.25) is 4.72 Å². The zero-order chi connectivity index (χ0) is 23.7. The zero-order valence-corrected chi connectivity index (χ0v) is 19.9. The Kier molecular flexibility index (Phi) is 6.00. The quantitative estimate of drug-likeness (QED) is 0.283. The lowest BCUT2D eigenvalue weighted by atomic mass is 10.1. The lowest BCUT2D eigenvalue weighted by Crippen LogP contribution is -2.16. The first-order valence-electron chi connectivity index (χ1n) is 10.2. The molecular weight excluding hydrogens is 493 g/mol. The first kappa shape index (κ1) is 22.4. The number of ether oxygens (including phenoxy) is 1. The number of fused-ring (bicyclic) bond motifs is 2. The van der Waals surface area contributed by atoms with Gasteiger partial charge in [0, 0.05) is 0 Å². The second-order valence-electron chi connectivity index (χ2n) is 7.49. The Morgan fingerprint density at radius 1 is 0.794 bits per heavy atom. The van der Waals surface area contributed by atoms with Crippen LogP contribution in [-0.4, -0.2) is 18.4 Å². The van der Waals surface area contributed by atoms with Crippen molar-refractivity contribution >= 4 is 60.8 Å². The van der Waals surface area contributed by atoms with E-state index < -0.39 is 10.0 Å². The molecule has 0 saturated carbocycles. The summed E-state index contributed by atoms with van der Waals surface area (Å²) in [6.07, 6.45) is 0. The van der Waals surface area contributed by atoms with Gasteiger partial charge in [0.05, 0.1) is 21.1 Å². The highest BCUT2D eigenvalue weighted by molar-refractivity contribution is 7.92. The van der Waals surface area contributed by atoms with E-state index in [9.17, 15) is 8.42 Å². The minimum Gasteiger partial charge on any atom is -0.470 e. The molecule has 0 amide bonds. The molecule has 170 valence electrons. The van der Waals surface area contributed by atoms with Crippen LogP contribution >= 0.6 is 23.2 Å². The van der Waals surface area contributed by atoms with Crippen LogP contribution in [0.5, 0.6) is 5.88 Å². The molecule has 0 fully saturated rings. The second-order valence-corrected chi connectivity index (χ2v) is 9.93. The van der Waals surface area contributed by atoms with Gasteiger partial charge in [0.15, 0.2) is 0 Å². The topological polar surface area (TPSA) is 81.2 Å². The molecule has 0 saturated heterocycles. The number of nitrogens with one attached hydrogen (secondary N) is 1. The molecule has 0 atom stereocenters. The lowest BCUT2D eigenvalue weighted by molar-refractivity contribution is 0.296. The molecule has 0 radical (unpaired) electrons. The fourth-order valence-corrected chi connectivity index (χ4v) is 5.27. The molecular formula is C25H17Cl2N3O3S. The highest BCUT2D eigenvalue weighted by Crippen LogP contribution is 2.32. The summed E-state index contributed by atoms with van der Waals surface area (Å²) in [5.74, 6) is 0.00381. The third-order valence-corrected chi connectivity index (χ3v) is 7.48. The summed E-state index contributed by atoms with van der Waals surface area (Å²) < 4.78 is 34.6.